The van der Waals surface area contributed by atoms with E-state index < -0.39 is 5.97 Å². The van der Waals surface area contributed by atoms with Crippen molar-refractivity contribution in [1.29, 1.82) is 0 Å². The van der Waals surface area contributed by atoms with Crippen molar-refractivity contribution in [2.75, 3.05) is 11.6 Å². The molecule has 1 heterocycles. The van der Waals surface area contributed by atoms with Gasteiger partial charge in [0, 0.05) is 12.5 Å². The van der Waals surface area contributed by atoms with Crippen LogP contribution in [0.4, 0.5) is 5.69 Å². The Hall–Kier alpha value is -3.15. The number of nitrogens with zero attached hydrogens (tertiary/aromatic N) is 2. The van der Waals surface area contributed by atoms with Gasteiger partial charge in [0.1, 0.15) is 5.71 Å². The molecule has 4 rings (SSSR count). The average molecular weight is 363 g/mol. The number of hydrazone groups is 1. The summed E-state index contributed by atoms with van der Waals surface area (Å²) in [5.74, 6) is -0.802. The highest BCUT2D eigenvalue weighted by Gasteiger charge is 2.33. The van der Waals surface area contributed by atoms with Gasteiger partial charge in [-0.15, -0.1) is 0 Å². The monoisotopic (exact) mass is 363 g/mol. The van der Waals surface area contributed by atoms with E-state index in [1.807, 2.05) is 65.7 Å². The number of hydrogen-bond acceptors (Lipinski definition) is 5. The highest BCUT2D eigenvalue weighted by atomic mass is 16.5. The van der Waals surface area contributed by atoms with Crippen molar-refractivity contribution in [2.24, 2.45) is 5.10 Å². The molecule has 2 aromatic rings. The van der Waals surface area contributed by atoms with Crippen LogP contribution in [0.25, 0.3) is 0 Å². The van der Waals surface area contributed by atoms with Crippen LogP contribution in [0.1, 0.15) is 30.9 Å². The summed E-state index contributed by atoms with van der Waals surface area (Å²) in [6.45, 7) is -0.268. The van der Waals surface area contributed by atoms with Crippen molar-refractivity contribution >= 4 is 23.3 Å². The fraction of sp³-hybridized carbons (Fsp3) is 0.286. The zero-order chi connectivity index (χ0) is 18.6. The molecule has 0 spiro atoms. The van der Waals surface area contributed by atoms with Crippen LogP contribution in [0.3, 0.4) is 0 Å². The SMILES string of the molecule is O=C(COC(=O)C1=NN(c2ccccc2)C(c2ccccc2)C1)NC1CC1. The molecule has 6 heteroatoms. The summed E-state index contributed by atoms with van der Waals surface area (Å²) in [5, 5.41) is 9.16. The topological polar surface area (TPSA) is 71.0 Å². The molecule has 0 aromatic heterocycles. The fourth-order valence-electron chi connectivity index (χ4n) is 3.10. The predicted octanol–water partition coefficient (Wildman–Crippen LogP) is 2.82. The third-order valence-corrected chi connectivity index (χ3v) is 4.63. The second kappa shape index (κ2) is 7.61. The first kappa shape index (κ1) is 17.3. The molecule has 2 aliphatic rings. The Morgan fingerprint density at radius 2 is 1.70 bits per heavy atom. The Kier molecular flexibility index (Phi) is 4.87. The molecule has 1 amide bonds. The van der Waals surface area contributed by atoms with Gasteiger partial charge in [-0.3, -0.25) is 9.80 Å². The first-order valence-corrected chi connectivity index (χ1v) is 9.14. The largest absolute Gasteiger partial charge is 0.451 e. The number of benzene rings is 2. The van der Waals surface area contributed by atoms with E-state index in [9.17, 15) is 9.59 Å². The lowest BCUT2D eigenvalue weighted by atomic mass is 10.0. The summed E-state index contributed by atoms with van der Waals surface area (Å²) >= 11 is 0. The minimum absolute atomic E-state index is 0.0866. The van der Waals surface area contributed by atoms with Gasteiger partial charge in [0.05, 0.1) is 11.7 Å². The molecule has 138 valence electrons. The van der Waals surface area contributed by atoms with Gasteiger partial charge in [-0.05, 0) is 30.5 Å². The number of carbonyl (C=O) groups is 2. The van der Waals surface area contributed by atoms with Crippen molar-refractivity contribution in [3.05, 3.63) is 66.2 Å². The predicted molar refractivity (Wildman–Crippen MR) is 102 cm³/mol. The van der Waals surface area contributed by atoms with Gasteiger partial charge < -0.3 is 10.1 Å². The lowest BCUT2D eigenvalue weighted by Crippen LogP contribution is -2.31. The lowest BCUT2D eigenvalue weighted by molar-refractivity contribution is -0.142. The van der Waals surface area contributed by atoms with Crippen LogP contribution < -0.4 is 10.3 Å². The van der Waals surface area contributed by atoms with Crippen molar-refractivity contribution in [3.63, 3.8) is 0 Å². The smallest absolute Gasteiger partial charge is 0.355 e. The highest BCUT2D eigenvalue weighted by molar-refractivity contribution is 6.37. The Labute approximate surface area is 157 Å². The van der Waals surface area contributed by atoms with E-state index >= 15 is 0 Å². The summed E-state index contributed by atoms with van der Waals surface area (Å²) in [5.41, 5.74) is 2.30. The number of anilines is 1. The van der Waals surface area contributed by atoms with E-state index in [1.54, 1.807) is 0 Å². The molecule has 2 aromatic carbocycles. The number of hydrogen-bond donors (Lipinski definition) is 1. The molecule has 0 saturated heterocycles. The number of carbonyl (C=O) groups excluding carboxylic acids is 2. The van der Waals surface area contributed by atoms with Crippen LogP contribution in [-0.4, -0.2) is 30.2 Å². The molecule has 1 atom stereocenters. The number of esters is 1. The third kappa shape index (κ3) is 4.16. The summed E-state index contributed by atoms with van der Waals surface area (Å²) in [7, 11) is 0. The fourth-order valence-corrected chi connectivity index (χ4v) is 3.10. The van der Waals surface area contributed by atoms with Crippen LogP contribution in [-0.2, 0) is 14.3 Å². The first-order valence-electron chi connectivity index (χ1n) is 9.14. The number of nitrogens with one attached hydrogen (secondary N) is 1. The van der Waals surface area contributed by atoms with Gasteiger partial charge in [-0.2, -0.15) is 5.10 Å². The number of ether oxygens (including phenoxy) is 1. The third-order valence-electron chi connectivity index (χ3n) is 4.63. The van der Waals surface area contributed by atoms with Gasteiger partial charge in [0.2, 0.25) is 0 Å². The standard InChI is InChI=1S/C21H21N3O3/c25-20(22-16-11-12-16)14-27-21(26)18-13-19(15-7-3-1-4-8-15)24(23-18)17-9-5-2-6-10-17/h1-10,16,19H,11-14H2,(H,22,25). The maximum absolute atomic E-state index is 12.4. The van der Waals surface area contributed by atoms with Gasteiger partial charge >= 0.3 is 5.97 Å². The van der Waals surface area contributed by atoms with Crippen LogP contribution in [0.2, 0.25) is 0 Å². The van der Waals surface area contributed by atoms with E-state index in [0.717, 1.165) is 24.1 Å². The summed E-state index contributed by atoms with van der Waals surface area (Å²) in [4.78, 5) is 24.2. The average Bonchev–Trinajstić information content (AvgIpc) is 3.41. The maximum atomic E-state index is 12.4. The van der Waals surface area contributed by atoms with Crippen molar-refractivity contribution in [1.82, 2.24) is 5.32 Å². The Bertz CT molecular complexity index is 847. The summed E-state index contributed by atoms with van der Waals surface area (Å²) < 4.78 is 5.18. The second-order valence-corrected chi connectivity index (χ2v) is 6.78. The Balaban J connectivity index is 1.49. The van der Waals surface area contributed by atoms with Crippen LogP contribution in [0.5, 0.6) is 0 Å². The summed E-state index contributed by atoms with van der Waals surface area (Å²) in [6, 6.07) is 19.8. The van der Waals surface area contributed by atoms with Crippen LogP contribution >= 0.6 is 0 Å². The van der Waals surface area contributed by atoms with Gasteiger partial charge in [-0.25, -0.2) is 4.79 Å². The van der Waals surface area contributed by atoms with Crippen molar-refractivity contribution in [3.8, 4) is 0 Å². The molecule has 1 saturated carbocycles. The van der Waals surface area contributed by atoms with Crippen molar-refractivity contribution in [2.45, 2.75) is 31.3 Å². The van der Waals surface area contributed by atoms with E-state index in [4.69, 9.17) is 4.74 Å². The van der Waals surface area contributed by atoms with Crippen LogP contribution in [0, 0.1) is 0 Å². The number of amides is 1. The molecular formula is C21H21N3O3. The zero-order valence-corrected chi connectivity index (χ0v) is 14.9. The number of para-hydroxylation sites is 1. The maximum Gasteiger partial charge on any atom is 0.355 e. The van der Waals surface area contributed by atoms with E-state index in [0.29, 0.717) is 12.1 Å². The minimum atomic E-state index is -0.541. The van der Waals surface area contributed by atoms with E-state index in [1.165, 1.54) is 0 Å². The van der Waals surface area contributed by atoms with Gasteiger partial charge in [-0.1, -0.05) is 48.5 Å². The number of rotatable bonds is 6. The van der Waals surface area contributed by atoms with E-state index in [2.05, 4.69) is 10.4 Å². The second-order valence-electron chi connectivity index (χ2n) is 6.78. The summed E-state index contributed by atoms with van der Waals surface area (Å²) in [6.07, 6.45) is 2.43. The molecule has 1 aliphatic heterocycles. The molecule has 0 radical (unpaired) electrons. The molecule has 27 heavy (non-hydrogen) atoms. The molecule has 1 aliphatic carbocycles. The molecule has 6 nitrogen and oxygen atoms in total. The Morgan fingerprint density at radius 3 is 2.37 bits per heavy atom. The van der Waals surface area contributed by atoms with Crippen molar-refractivity contribution < 1.29 is 14.3 Å². The Morgan fingerprint density at radius 1 is 1.04 bits per heavy atom. The molecule has 1 unspecified atom stereocenters. The molecule has 0 bridgehead atoms. The first-order chi connectivity index (χ1) is 13.2. The zero-order valence-electron chi connectivity index (χ0n) is 14.9. The molecule has 1 fully saturated rings. The van der Waals surface area contributed by atoms with Gasteiger partial charge in [0.25, 0.3) is 5.91 Å². The molecular weight excluding hydrogens is 342 g/mol. The van der Waals surface area contributed by atoms with Gasteiger partial charge in [0.15, 0.2) is 6.61 Å². The quantitative estimate of drug-likeness (QED) is 0.801. The highest BCUT2D eigenvalue weighted by Crippen LogP contribution is 2.35. The normalized spacial score (nSPS) is 18.7. The lowest BCUT2D eigenvalue weighted by Gasteiger charge is -2.23. The molecule has 1 N–H and O–H groups in total. The van der Waals surface area contributed by atoms with E-state index in [-0.39, 0.29) is 24.6 Å². The minimum Gasteiger partial charge on any atom is -0.451 e. The van der Waals surface area contributed by atoms with Crippen LogP contribution in [0.15, 0.2) is 65.8 Å².